The van der Waals surface area contributed by atoms with Gasteiger partial charge in [-0.15, -0.1) is 0 Å². The fourth-order valence-corrected chi connectivity index (χ4v) is 1.44. The molecule has 0 bridgehead atoms. The van der Waals surface area contributed by atoms with Crippen molar-refractivity contribution < 1.29 is 19.2 Å². The summed E-state index contributed by atoms with van der Waals surface area (Å²) in [6, 6.07) is 7.54. The van der Waals surface area contributed by atoms with Crippen LogP contribution in [0.5, 0.6) is 0 Å². The molecule has 1 aromatic carbocycles. The van der Waals surface area contributed by atoms with Gasteiger partial charge in [0.25, 0.3) is 11.8 Å². The largest absolute Gasteiger partial charge is 0.472 e. The van der Waals surface area contributed by atoms with Crippen LogP contribution < -0.4 is 10.9 Å². The van der Waals surface area contributed by atoms with E-state index in [1.165, 1.54) is 48.5 Å². The standard InChI is InChI=1S/C13H11N3O4/c17-12(15-14-7-9-4-5-20-8-9)10-2-1-3-11(6-10)13(18)16-19/h1-8,19H,(H,15,17)(H,16,18)/b14-7+. The second kappa shape index (κ2) is 6.30. The Morgan fingerprint density at radius 3 is 2.60 bits per heavy atom. The summed E-state index contributed by atoms with van der Waals surface area (Å²) in [5.74, 6) is -1.17. The van der Waals surface area contributed by atoms with Gasteiger partial charge < -0.3 is 4.42 Å². The van der Waals surface area contributed by atoms with Gasteiger partial charge >= 0.3 is 0 Å². The maximum Gasteiger partial charge on any atom is 0.274 e. The minimum absolute atomic E-state index is 0.166. The fourth-order valence-electron chi connectivity index (χ4n) is 1.44. The van der Waals surface area contributed by atoms with E-state index in [1.807, 2.05) is 0 Å². The molecular formula is C13H11N3O4. The Balaban J connectivity index is 2.04. The Labute approximate surface area is 113 Å². The number of amides is 2. The lowest BCUT2D eigenvalue weighted by Gasteiger charge is -2.02. The summed E-state index contributed by atoms with van der Waals surface area (Å²) in [6.07, 6.45) is 4.38. The minimum atomic E-state index is -0.693. The van der Waals surface area contributed by atoms with Crippen molar-refractivity contribution in [2.45, 2.75) is 0 Å². The number of hydrogen-bond donors (Lipinski definition) is 3. The third kappa shape index (κ3) is 3.30. The molecule has 0 saturated carbocycles. The van der Waals surface area contributed by atoms with E-state index in [0.717, 1.165) is 0 Å². The molecular weight excluding hydrogens is 262 g/mol. The van der Waals surface area contributed by atoms with Gasteiger partial charge in [0.1, 0.15) is 0 Å². The number of furan rings is 1. The molecule has 0 unspecified atom stereocenters. The van der Waals surface area contributed by atoms with Crippen LogP contribution in [0, 0.1) is 0 Å². The van der Waals surface area contributed by atoms with Gasteiger partial charge in [0.05, 0.1) is 18.7 Å². The molecule has 0 spiro atoms. The molecule has 1 heterocycles. The predicted octanol–water partition coefficient (Wildman–Crippen LogP) is 1.16. The summed E-state index contributed by atoms with van der Waals surface area (Å²) in [5.41, 5.74) is 4.93. The Morgan fingerprint density at radius 2 is 1.95 bits per heavy atom. The van der Waals surface area contributed by atoms with Crippen molar-refractivity contribution in [1.82, 2.24) is 10.9 Å². The molecule has 1 aromatic heterocycles. The van der Waals surface area contributed by atoms with E-state index in [1.54, 1.807) is 6.07 Å². The van der Waals surface area contributed by atoms with E-state index in [-0.39, 0.29) is 11.1 Å². The van der Waals surface area contributed by atoms with Crippen LogP contribution in [0.3, 0.4) is 0 Å². The smallest absolute Gasteiger partial charge is 0.274 e. The van der Waals surface area contributed by atoms with Gasteiger partial charge in [0, 0.05) is 16.7 Å². The lowest BCUT2D eigenvalue weighted by atomic mass is 10.1. The minimum Gasteiger partial charge on any atom is -0.472 e. The number of hydroxylamine groups is 1. The number of hydrazone groups is 1. The van der Waals surface area contributed by atoms with E-state index in [2.05, 4.69) is 10.5 Å². The zero-order valence-corrected chi connectivity index (χ0v) is 10.2. The highest BCUT2D eigenvalue weighted by Crippen LogP contribution is 2.05. The van der Waals surface area contributed by atoms with Crippen molar-refractivity contribution >= 4 is 18.0 Å². The summed E-state index contributed by atoms with van der Waals surface area (Å²) in [4.78, 5) is 23.0. The molecule has 0 radical (unpaired) electrons. The van der Waals surface area contributed by atoms with Crippen molar-refractivity contribution in [2.75, 3.05) is 0 Å². The van der Waals surface area contributed by atoms with Gasteiger partial charge in [0.15, 0.2) is 0 Å². The summed E-state index contributed by atoms with van der Waals surface area (Å²) in [6.45, 7) is 0. The maximum atomic E-state index is 11.8. The van der Waals surface area contributed by atoms with Crippen LogP contribution in [0.2, 0.25) is 0 Å². The van der Waals surface area contributed by atoms with Crippen LogP contribution in [0.15, 0.2) is 52.4 Å². The van der Waals surface area contributed by atoms with E-state index < -0.39 is 11.8 Å². The van der Waals surface area contributed by atoms with E-state index >= 15 is 0 Å². The summed E-state index contributed by atoms with van der Waals surface area (Å²) in [5, 5.41) is 12.3. The topological polar surface area (TPSA) is 104 Å². The number of benzene rings is 1. The molecule has 2 amide bonds. The van der Waals surface area contributed by atoms with E-state index in [0.29, 0.717) is 5.56 Å². The highest BCUT2D eigenvalue weighted by Gasteiger charge is 2.09. The van der Waals surface area contributed by atoms with Crippen molar-refractivity contribution in [3.8, 4) is 0 Å². The van der Waals surface area contributed by atoms with Crippen LogP contribution in [0.1, 0.15) is 26.3 Å². The van der Waals surface area contributed by atoms with Crippen LogP contribution in [0.25, 0.3) is 0 Å². The molecule has 7 heteroatoms. The Morgan fingerprint density at radius 1 is 1.20 bits per heavy atom. The first kappa shape index (κ1) is 13.5. The van der Waals surface area contributed by atoms with Gasteiger partial charge in [-0.05, 0) is 24.3 Å². The first-order chi connectivity index (χ1) is 9.70. The molecule has 0 aliphatic rings. The van der Waals surface area contributed by atoms with E-state index in [9.17, 15) is 9.59 Å². The number of carbonyl (C=O) groups is 2. The fraction of sp³-hybridized carbons (Fsp3) is 0. The summed E-state index contributed by atoms with van der Waals surface area (Å²) >= 11 is 0. The van der Waals surface area contributed by atoms with Gasteiger partial charge in [-0.3, -0.25) is 14.8 Å². The lowest BCUT2D eigenvalue weighted by molar-refractivity contribution is 0.0706. The zero-order valence-electron chi connectivity index (χ0n) is 10.2. The Hall–Kier alpha value is -2.93. The van der Waals surface area contributed by atoms with Crippen molar-refractivity contribution in [1.29, 1.82) is 0 Å². The molecule has 0 fully saturated rings. The maximum absolute atomic E-state index is 11.8. The molecule has 0 saturated heterocycles. The molecule has 0 aliphatic heterocycles. The summed E-state index contributed by atoms with van der Waals surface area (Å²) in [7, 11) is 0. The molecule has 0 aliphatic carbocycles. The first-order valence-corrected chi connectivity index (χ1v) is 5.61. The van der Waals surface area contributed by atoms with Crippen molar-refractivity contribution in [3.05, 3.63) is 59.5 Å². The molecule has 2 aromatic rings. The average Bonchev–Trinajstić information content (AvgIpc) is 2.99. The number of rotatable bonds is 4. The first-order valence-electron chi connectivity index (χ1n) is 5.61. The van der Waals surface area contributed by atoms with Crippen LogP contribution >= 0.6 is 0 Å². The second-order valence-corrected chi connectivity index (χ2v) is 3.78. The number of carbonyl (C=O) groups excluding carboxylic acids is 2. The van der Waals surface area contributed by atoms with Crippen LogP contribution in [0.4, 0.5) is 0 Å². The van der Waals surface area contributed by atoms with Gasteiger partial charge in [0.2, 0.25) is 0 Å². The Kier molecular flexibility index (Phi) is 4.25. The lowest BCUT2D eigenvalue weighted by Crippen LogP contribution is -2.21. The Bertz CT molecular complexity index is 635. The third-order valence-corrected chi connectivity index (χ3v) is 2.41. The molecule has 2 rings (SSSR count). The SMILES string of the molecule is O=C(NO)c1cccc(C(=O)N/N=C/c2ccoc2)c1. The van der Waals surface area contributed by atoms with Crippen LogP contribution in [-0.4, -0.2) is 23.2 Å². The second-order valence-electron chi connectivity index (χ2n) is 3.78. The van der Waals surface area contributed by atoms with Gasteiger partial charge in [-0.2, -0.15) is 5.10 Å². The number of hydrogen-bond acceptors (Lipinski definition) is 5. The van der Waals surface area contributed by atoms with Crippen LogP contribution in [-0.2, 0) is 0 Å². The molecule has 20 heavy (non-hydrogen) atoms. The third-order valence-electron chi connectivity index (χ3n) is 2.41. The van der Waals surface area contributed by atoms with E-state index in [4.69, 9.17) is 9.62 Å². The van der Waals surface area contributed by atoms with Gasteiger partial charge in [-0.1, -0.05) is 6.07 Å². The average molecular weight is 273 g/mol. The molecule has 3 N–H and O–H groups in total. The summed E-state index contributed by atoms with van der Waals surface area (Å²) < 4.78 is 4.84. The molecule has 102 valence electrons. The predicted molar refractivity (Wildman–Crippen MR) is 69.5 cm³/mol. The monoisotopic (exact) mass is 273 g/mol. The van der Waals surface area contributed by atoms with Crippen molar-refractivity contribution in [3.63, 3.8) is 0 Å². The van der Waals surface area contributed by atoms with Gasteiger partial charge in [-0.25, -0.2) is 10.9 Å². The van der Waals surface area contributed by atoms with Crippen molar-refractivity contribution in [2.24, 2.45) is 5.10 Å². The highest BCUT2D eigenvalue weighted by molar-refractivity contribution is 5.99. The normalized spacial score (nSPS) is 10.4. The quantitative estimate of drug-likeness (QED) is 0.441. The zero-order chi connectivity index (χ0) is 14.4. The number of nitrogens with one attached hydrogen (secondary N) is 2. The number of nitrogens with zero attached hydrogens (tertiary/aromatic N) is 1. The highest BCUT2D eigenvalue weighted by atomic mass is 16.5. The molecule has 0 atom stereocenters. The molecule has 7 nitrogen and oxygen atoms in total.